The fraction of sp³-hybridized carbons (Fsp3) is 0.778. The molecule has 0 N–H and O–H groups in total. The Morgan fingerprint density at radius 1 is 1.42 bits per heavy atom. The van der Waals surface area contributed by atoms with Crippen molar-refractivity contribution in [2.45, 2.75) is 44.6 Å². The number of likely N-dealkylation sites (tertiary alicyclic amines) is 1. The smallest absolute Gasteiger partial charge is 0.259 e. The molecule has 0 radical (unpaired) electrons. The Bertz CT molecular complexity index is 590. The fourth-order valence-corrected chi connectivity index (χ4v) is 3.91. The predicted molar refractivity (Wildman–Crippen MR) is 86.7 cm³/mol. The number of carbonyl (C=O) groups is 1. The van der Waals surface area contributed by atoms with Gasteiger partial charge in [-0.05, 0) is 37.5 Å². The van der Waals surface area contributed by atoms with Gasteiger partial charge in [0.1, 0.15) is 16.9 Å². The highest BCUT2D eigenvalue weighted by molar-refractivity contribution is 5.95. The molecule has 1 unspecified atom stereocenters. The Labute approximate surface area is 142 Å². The largest absolute Gasteiger partial charge is 0.381 e. The molecule has 4 rings (SSSR count). The van der Waals surface area contributed by atoms with E-state index in [1.165, 1.54) is 19.0 Å². The highest BCUT2D eigenvalue weighted by atomic mass is 16.5. The van der Waals surface area contributed by atoms with E-state index in [1.807, 2.05) is 11.8 Å². The van der Waals surface area contributed by atoms with E-state index in [2.05, 4.69) is 5.16 Å². The molecule has 3 aliphatic rings. The van der Waals surface area contributed by atoms with Crippen molar-refractivity contribution in [3.63, 3.8) is 0 Å². The predicted octanol–water partition coefficient (Wildman–Crippen LogP) is 2.28. The lowest BCUT2D eigenvalue weighted by Crippen LogP contribution is -2.66. The molecule has 1 aromatic rings. The number of aryl methyl sites for hydroxylation is 1. The van der Waals surface area contributed by atoms with Gasteiger partial charge in [-0.1, -0.05) is 12.1 Å². The molecular formula is C18H26N2O4. The molecule has 1 spiro atoms. The van der Waals surface area contributed by atoms with Gasteiger partial charge in [-0.15, -0.1) is 0 Å². The first-order valence-electron chi connectivity index (χ1n) is 9.16. The lowest BCUT2D eigenvalue weighted by atomic mass is 9.79. The van der Waals surface area contributed by atoms with Crippen LogP contribution in [0.25, 0.3) is 0 Å². The van der Waals surface area contributed by atoms with Gasteiger partial charge in [0.25, 0.3) is 5.91 Å². The molecular weight excluding hydrogens is 308 g/mol. The lowest BCUT2D eigenvalue weighted by Gasteiger charge is -2.50. The van der Waals surface area contributed by atoms with Crippen LogP contribution in [0.4, 0.5) is 0 Å². The van der Waals surface area contributed by atoms with Crippen molar-refractivity contribution >= 4 is 5.91 Å². The zero-order valence-electron chi connectivity index (χ0n) is 14.3. The molecule has 1 aromatic heterocycles. The molecule has 1 saturated carbocycles. The second-order valence-corrected chi connectivity index (χ2v) is 7.38. The summed E-state index contributed by atoms with van der Waals surface area (Å²) in [6, 6.07) is 0. The van der Waals surface area contributed by atoms with Crippen LogP contribution in [0.1, 0.15) is 48.7 Å². The average Bonchev–Trinajstić information content (AvgIpc) is 3.10. The first-order valence-corrected chi connectivity index (χ1v) is 9.16. The molecule has 132 valence electrons. The van der Waals surface area contributed by atoms with E-state index < -0.39 is 0 Å². The SMILES string of the molecule is CCc1oncc1C(=O)N1CC2(C1)OCCC2CCOCC1CC1. The first kappa shape index (κ1) is 16.1. The molecule has 1 amide bonds. The summed E-state index contributed by atoms with van der Waals surface area (Å²) < 4.78 is 17.0. The van der Waals surface area contributed by atoms with Crippen LogP contribution < -0.4 is 0 Å². The van der Waals surface area contributed by atoms with Gasteiger partial charge in [0, 0.05) is 26.2 Å². The standard InChI is InChI=1S/C18H26N2O4/c1-2-16-15(9-19-24-16)17(21)20-11-18(12-20)14(6-8-23-18)5-7-22-10-13-3-4-13/h9,13-14H,2-8,10-12H2,1H3. The van der Waals surface area contributed by atoms with Gasteiger partial charge in [-0.2, -0.15) is 0 Å². The van der Waals surface area contributed by atoms with Gasteiger partial charge in [-0.3, -0.25) is 4.79 Å². The molecule has 0 bridgehead atoms. The highest BCUT2D eigenvalue weighted by Gasteiger charge is 2.54. The summed E-state index contributed by atoms with van der Waals surface area (Å²) in [5, 5.41) is 3.76. The summed E-state index contributed by atoms with van der Waals surface area (Å²) >= 11 is 0. The minimum absolute atomic E-state index is 0.0120. The normalized spacial score (nSPS) is 25.2. The van der Waals surface area contributed by atoms with Gasteiger partial charge in [0.15, 0.2) is 0 Å². The number of nitrogens with zero attached hydrogens (tertiary/aromatic N) is 2. The van der Waals surface area contributed by atoms with Crippen molar-refractivity contribution in [3.05, 3.63) is 17.5 Å². The first-order chi connectivity index (χ1) is 11.7. The molecule has 3 fully saturated rings. The zero-order valence-corrected chi connectivity index (χ0v) is 14.3. The van der Waals surface area contributed by atoms with Gasteiger partial charge < -0.3 is 18.9 Å². The van der Waals surface area contributed by atoms with Crippen molar-refractivity contribution in [1.29, 1.82) is 0 Å². The summed E-state index contributed by atoms with van der Waals surface area (Å²) in [5.41, 5.74) is 0.442. The van der Waals surface area contributed by atoms with Crippen LogP contribution in [0, 0.1) is 11.8 Å². The van der Waals surface area contributed by atoms with E-state index in [4.69, 9.17) is 14.0 Å². The third-order valence-electron chi connectivity index (χ3n) is 5.66. The maximum atomic E-state index is 12.6. The molecule has 6 heteroatoms. The Balaban J connectivity index is 1.29. The molecule has 0 aromatic carbocycles. The molecule has 2 saturated heterocycles. The Morgan fingerprint density at radius 2 is 2.25 bits per heavy atom. The maximum Gasteiger partial charge on any atom is 0.259 e. The summed E-state index contributed by atoms with van der Waals surface area (Å²) in [5.74, 6) is 1.98. The monoisotopic (exact) mass is 334 g/mol. The number of rotatable bonds is 7. The summed E-state index contributed by atoms with van der Waals surface area (Å²) in [4.78, 5) is 14.5. The van der Waals surface area contributed by atoms with Crippen molar-refractivity contribution in [3.8, 4) is 0 Å². The Hall–Kier alpha value is -1.40. The van der Waals surface area contributed by atoms with Crippen LogP contribution in [0.5, 0.6) is 0 Å². The number of hydrogen-bond acceptors (Lipinski definition) is 5. The quantitative estimate of drug-likeness (QED) is 0.716. The molecule has 3 heterocycles. The second-order valence-electron chi connectivity index (χ2n) is 7.38. The summed E-state index contributed by atoms with van der Waals surface area (Å²) in [6.07, 6.45) is 6.97. The zero-order chi connectivity index (χ0) is 16.6. The van der Waals surface area contributed by atoms with Gasteiger partial charge in [0.05, 0.1) is 19.3 Å². The van der Waals surface area contributed by atoms with Crippen molar-refractivity contribution in [2.75, 3.05) is 32.9 Å². The molecule has 24 heavy (non-hydrogen) atoms. The van der Waals surface area contributed by atoms with Crippen molar-refractivity contribution in [1.82, 2.24) is 10.1 Å². The van der Waals surface area contributed by atoms with Crippen LogP contribution in [-0.4, -0.2) is 54.5 Å². The number of amides is 1. The molecule has 2 aliphatic heterocycles. The second kappa shape index (κ2) is 6.48. The van der Waals surface area contributed by atoms with Gasteiger partial charge in [-0.25, -0.2) is 0 Å². The van der Waals surface area contributed by atoms with Crippen LogP contribution >= 0.6 is 0 Å². The number of hydrogen-bond donors (Lipinski definition) is 0. The fourth-order valence-electron chi connectivity index (χ4n) is 3.91. The van der Waals surface area contributed by atoms with Crippen molar-refractivity contribution in [2.24, 2.45) is 11.8 Å². The van der Waals surface area contributed by atoms with E-state index in [9.17, 15) is 4.79 Å². The van der Waals surface area contributed by atoms with E-state index in [-0.39, 0.29) is 11.5 Å². The third kappa shape index (κ3) is 2.97. The average molecular weight is 334 g/mol. The Morgan fingerprint density at radius 3 is 3.00 bits per heavy atom. The lowest BCUT2D eigenvalue weighted by molar-refractivity contribution is -0.120. The number of ether oxygens (including phenoxy) is 2. The molecule has 1 aliphatic carbocycles. The van der Waals surface area contributed by atoms with E-state index >= 15 is 0 Å². The van der Waals surface area contributed by atoms with Crippen LogP contribution in [0.15, 0.2) is 10.7 Å². The number of aromatic nitrogens is 1. The van der Waals surface area contributed by atoms with Crippen LogP contribution in [0.2, 0.25) is 0 Å². The maximum absolute atomic E-state index is 12.6. The van der Waals surface area contributed by atoms with Crippen molar-refractivity contribution < 1.29 is 18.8 Å². The minimum atomic E-state index is -0.151. The number of carbonyl (C=O) groups excluding carboxylic acids is 1. The summed E-state index contributed by atoms with van der Waals surface area (Å²) in [6.45, 7) is 5.83. The Kier molecular flexibility index (Phi) is 4.35. The summed E-state index contributed by atoms with van der Waals surface area (Å²) in [7, 11) is 0. The van der Waals surface area contributed by atoms with Crippen LogP contribution in [-0.2, 0) is 15.9 Å². The van der Waals surface area contributed by atoms with E-state index in [0.717, 1.165) is 38.6 Å². The minimum Gasteiger partial charge on any atom is -0.381 e. The van der Waals surface area contributed by atoms with Gasteiger partial charge >= 0.3 is 0 Å². The topological polar surface area (TPSA) is 64.8 Å². The molecule has 6 nitrogen and oxygen atoms in total. The van der Waals surface area contributed by atoms with Gasteiger partial charge in [0.2, 0.25) is 0 Å². The van der Waals surface area contributed by atoms with E-state index in [0.29, 0.717) is 36.8 Å². The third-order valence-corrected chi connectivity index (χ3v) is 5.66. The van der Waals surface area contributed by atoms with Crippen LogP contribution in [0.3, 0.4) is 0 Å². The highest BCUT2D eigenvalue weighted by Crippen LogP contribution is 2.42. The molecule has 1 atom stereocenters. The van der Waals surface area contributed by atoms with E-state index in [1.54, 1.807) is 0 Å².